The summed E-state index contributed by atoms with van der Waals surface area (Å²) in [5.41, 5.74) is 2.06. The van der Waals surface area contributed by atoms with Crippen LogP contribution in [0.5, 0.6) is 0 Å². The summed E-state index contributed by atoms with van der Waals surface area (Å²) in [6.07, 6.45) is -0.362. The molecule has 3 atom stereocenters. The zero-order valence-corrected chi connectivity index (χ0v) is 14.7. The fraction of sp³-hybridized carbons (Fsp3) is 0.286. The van der Waals surface area contributed by atoms with Gasteiger partial charge in [-0.1, -0.05) is 36.4 Å². The monoisotopic (exact) mass is 369 g/mol. The molecule has 0 radical (unpaired) electrons. The van der Waals surface area contributed by atoms with Gasteiger partial charge in [-0.15, -0.1) is 0 Å². The number of hydrogen-bond acceptors (Lipinski definition) is 1. The van der Waals surface area contributed by atoms with Crippen molar-refractivity contribution in [2.24, 2.45) is 0 Å². The number of hydrogen-bond donors (Lipinski definition) is 2. The van der Waals surface area contributed by atoms with Gasteiger partial charge in [0.05, 0.1) is 11.7 Å². The molecule has 0 aliphatic heterocycles. The lowest BCUT2D eigenvalue weighted by Gasteiger charge is -2.37. The number of H-pyrrole nitrogens is 1. The predicted molar refractivity (Wildman–Crippen MR) is 104 cm³/mol. The highest BCUT2D eigenvalue weighted by Gasteiger charge is 2.40. The Labute approximate surface area is 156 Å². The number of nitrogens with one attached hydrogen (secondary N) is 2. The standard InChI is InChI=1S/C21H21F2N3O/c22-16-10-6-12-19(20(16)23)26(14-7-2-1-3-8-14)21(27)25-18-13-24-17-11-5-4-9-15(17)18/h1-5,7-9,11,13,16,19-20,24H,6,10,12H2,(H,25,27). The van der Waals surface area contributed by atoms with E-state index in [4.69, 9.17) is 0 Å². The molecule has 1 aliphatic carbocycles. The van der Waals surface area contributed by atoms with Gasteiger partial charge < -0.3 is 10.3 Å². The van der Waals surface area contributed by atoms with Crippen LogP contribution in [0.2, 0.25) is 0 Å². The Kier molecular flexibility index (Phi) is 4.79. The Bertz CT molecular complexity index is 927. The smallest absolute Gasteiger partial charge is 0.326 e. The maximum Gasteiger partial charge on any atom is 0.326 e. The van der Waals surface area contributed by atoms with E-state index in [0.29, 0.717) is 24.2 Å². The lowest BCUT2D eigenvalue weighted by atomic mass is 9.90. The van der Waals surface area contributed by atoms with Gasteiger partial charge in [-0.05, 0) is 37.5 Å². The molecule has 3 aromatic rings. The van der Waals surface area contributed by atoms with Gasteiger partial charge >= 0.3 is 6.03 Å². The minimum Gasteiger partial charge on any atom is -0.359 e. The van der Waals surface area contributed by atoms with Crippen molar-refractivity contribution >= 4 is 28.3 Å². The first-order chi connectivity index (χ1) is 13.1. The number of rotatable bonds is 3. The lowest BCUT2D eigenvalue weighted by molar-refractivity contribution is 0.0993. The number of carbonyl (C=O) groups is 1. The number of amides is 2. The second kappa shape index (κ2) is 7.39. The van der Waals surface area contributed by atoms with Crippen LogP contribution < -0.4 is 10.2 Å². The third-order valence-electron chi connectivity index (χ3n) is 5.11. The zero-order valence-electron chi connectivity index (χ0n) is 14.7. The number of aromatic amines is 1. The number of aromatic nitrogens is 1. The van der Waals surface area contributed by atoms with Gasteiger partial charge in [0.1, 0.15) is 6.17 Å². The van der Waals surface area contributed by atoms with Gasteiger partial charge in [-0.25, -0.2) is 13.6 Å². The van der Waals surface area contributed by atoms with E-state index in [-0.39, 0.29) is 6.42 Å². The Balaban J connectivity index is 1.66. The van der Waals surface area contributed by atoms with Crippen LogP contribution in [-0.2, 0) is 0 Å². The molecule has 6 heteroatoms. The molecule has 4 rings (SSSR count). The van der Waals surface area contributed by atoms with Crippen molar-refractivity contribution in [1.29, 1.82) is 0 Å². The molecule has 2 aromatic carbocycles. The number of anilines is 2. The molecule has 140 valence electrons. The Morgan fingerprint density at radius 1 is 1.04 bits per heavy atom. The molecule has 0 saturated heterocycles. The van der Waals surface area contributed by atoms with Crippen molar-refractivity contribution in [3.05, 3.63) is 60.8 Å². The van der Waals surface area contributed by atoms with Crippen molar-refractivity contribution in [3.63, 3.8) is 0 Å². The number of halogens is 2. The number of fused-ring (bicyclic) bond motifs is 1. The van der Waals surface area contributed by atoms with Crippen LogP contribution in [0.4, 0.5) is 25.0 Å². The number of urea groups is 1. The van der Waals surface area contributed by atoms with Crippen molar-refractivity contribution in [2.45, 2.75) is 37.6 Å². The largest absolute Gasteiger partial charge is 0.359 e. The highest BCUT2D eigenvalue weighted by molar-refractivity contribution is 6.07. The minimum atomic E-state index is -1.70. The molecule has 1 fully saturated rings. The molecule has 1 heterocycles. The van der Waals surface area contributed by atoms with E-state index in [2.05, 4.69) is 10.3 Å². The Morgan fingerprint density at radius 2 is 1.78 bits per heavy atom. The number of alkyl halides is 2. The maximum atomic E-state index is 14.7. The first kappa shape index (κ1) is 17.5. The van der Waals surface area contributed by atoms with E-state index >= 15 is 0 Å². The Hall–Kier alpha value is -2.89. The summed E-state index contributed by atoms with van der Waals surface area (Å²) in [7, 11) is 0. The first-order valence-electron chi connectivity index (χ1n) is 9.14. The van der Waals surface area contributed by atoms with Crippen LogP contribution in [0.1, 0.15) is 19.3 Å². The Morgan fingerprint density at radius 3 is 2.59 bits per heavy atom. The molecule has 2 amide bonds. The SMILES string of the molecule is O=C(Nc1c[nH]c2ccccc12)N(c1ccccc1)C1CCCC(F)C1F. The molecule has 2 N–H and O–H groups in total. The first-order valence-corrected chi connectivity index (χ1v) is 9.14. The third kappa shape index (κ3) is 3.39. The van der Waals surface area contributed by atoms with Gasteiger partial charge in [-0.3, -0.25) is 4.90 Å². The van der Waals surface area contributed by atoms with Gasteiger partial charge in [0.25, 0.3) is 0 Å². The minimum absolute atomic E-state index is 0.199. The predicted octanol–water partition coefficient (Wildman–Crippen LogP) is 5.44. The van der Waals surface area contributed by atoms with E-state index in [1.807, 2.05) is 30.3 Å². The summed E-state index contributed by atoms with van der Waals surface area (Å²) >= 11 is 0. The van der Waals surface area contributed by atoms with E-state index in [9.17, 15) is 13.6 Å². The van der Waals surface area contributed by atoms with E-state index in [1.165, 1.54) is 4.90 Å². The van der Waals surface area contributed by atoms with Gasteiger partial charge in [0, 0.05) is 22.8 Å². The summed E-state index contributed by atoms with van der Waals surface area (Å²) in [6, 6.07) is 15.2. The van der Waals surface area contributed by atoms with Crippen LogP contribution in [0, 0.1) is 0 Å². The third-order valence-corrected chi connectivity index (χ3v) is 5.11. The molecule has 0 bridgehead atoms. The highest BCUT2D eigenvalue weighted by atomic mass is 19.2. The lowest BCUT2D eigenvalue weighted by Crippen LogP contribution is -2.52. The van der Waals surface area contributed by atoms with E-state index in [1.54, 1.807) is 30.5 Å². The van der Waals surface area contributed by atoms with Crippen molar-refractivity contribution in [1.82, 2.24) is 4.98 Å². The molecule has 27 heavy (non-hydrogen) atoms. The molecule has 4 nitrogen and oxygen atoms in total. The van der Waals surface area contributed by atoms with Gasteiger partial charge in [0.15, 0.2) is 6.17 Å². The van der Waals surface area contributed by atoms with E-state index in [0.717, 1.165) is 10.9 Å². The van der Waals surface area contributed by atoms with E-state index < -0.39 is 24.4 Å². The number of para-hydroxylation sites is 2. The maximum absolute atomic E-state index is 14.7. The van der Waals surface area contributed by atoms with Crippen LogP contribution in [0.25, 0.3) is 10.9 Å². The number of nitrogens with zero attached hydrogens (tertiary/aromatic N) is 1. The number of benzene rings is 2. The molecular formula is C21H21F2N3O. The average Bonchev–Trinajstić information content (AvgIpc) is 3.09. The fourth-order valence-electron chi connectivity index (χ4n) is 3.75. The van der Waals surface area contributed by atoms with Crippen LogP contribution >= 0.6 is 0 Å². The second-order valence-corrected chi connectivity index (χ2v) is 6.84. The number of carbonyl (C=O) groups excluding carboxylic acids is 1. The summed E-state index contributed by atoms with van der Waals surface area (Å²) in [5, 5.41) is 3.73. The van der Waals surface area contributed by atoms with Crippen molar-refractivity contribution < 1.29 is 13.6 Å². The summed E-state index contributed by atoms with van der Waals surface area (Å²) in [6.45, 7) is 0. The summed E-state index contributed by atoms with van der Waals surface area (Å²) in [5.74, 6) is 0. The summed E-state index contributed by atoms with van der Waals surface area (Å²) in [4.78, 5) is 17.6. The molecule has 1 saturated carbocycles. The molecule has 0 spiro atoms. The van der Waals surface area contributed by atoms with Crippen molar-refractivity contribution in [2.75, 3.05) is 10.2 Å². The topological polar surface area (TPSA) is 48.1 Å². The van der Waals surface area contributed by atoms with Crippen LogP contribution in [-0.4, -0.2) is 29.4 Å². The zero-order chi connectivity index (χ0) is 18.8. The molecular weight excluding hydrogens is 348 g/mol. The summed E-state index contributed by atoms with van der Waals surface area (Å²) < 4.78 is 28.7. The molecule has 1 aliphatic rings. The van der Waals surface area contributed by atoms with Crippen LogP contribution in [0.15, 0.2) is 60.8 Å². The van der Waals surface area contributed by atoms with Gasteiger partial charge in [-0.2, -0.15) is 0 Å². The van der Waals surface area contributed by atoms with Gasteiger partial charge in [0.2, 0.25) is 0 Å². The fourth-order valence-corrected chi connectivity index (χ4v) is 3.75. The second-order valence-electron chi connectivity index (χ2n) is 6.84. The van der Waals surface area contributed by atoms with Crippen LogP contribution in [0.3, 0.4) is 0 Å². The highest BCUT2D eigenvalue weighted by Crippen LogP contribution is 2.32. The van der Waals surface area contributed by atoms with Crippen molar-refractivity contribution in [3.8, 4) is 0 Å². The quantitative estimate of drug-likeness (QED) is 0.635. The normalized spacial score (nSPS) is 22.5. The molecule has 1 aromatic heterocycles. The molecule has 3 unspecified atom stereocenters. The average molecular weight is 369 g/mol.